The van der Waals surface area contributed by atoms with Gasteiger partial charge in [-0.15, -0.1) is 0 Å². The molecule has 0 fully saturated rings. The molecule has 2 aromatic rings. The number of rotatable bonds is 5. The van der Waals surface area contributed by atoms with Crippen molar-refractivity contribution in [3.8, 4) is 16.9 Å². The Kier molecular flexibility index (Phi) is 4.71. The topological polar surface area (TPSA) is 9.23 Å². The molecular weight excluding hydrogens is 240 g/mol. The third-order valence-corrected chi connectivity index (χ3v) is 3.29. The van der Waals surface area contributed by atoms with Gasteiger partial charge in [-0.3, -0.25) is 0 Å². The van der Waals surface area contributed by atoms with Crippen LogP contribution in [-0.4, -0.2) is 0 Å². The Labute approximate surface area is 114 Å². The fraction of sp³-hybridized carbons (Fsp3) is 0.250. The maximum atomic E-state index is 5.15. The third kappa shape index (κ3) is 2.88. The summed E-state index contributed by atoms with van der Waals surface area (Å²) in [6.45, 7) is 2.22. The fourth-order valence-corrected chi connectivity index (χ4v) is 2.30. The Bertz CT molecular complexity index is 508. The van der Waals surface area contributed by atoms with Crippen LogP contribution in [0.5, 0.6) is 5.75 Å². The zero-order valence-electron chi connectivity index (χ0n) is 10.6. The molecule has 0 bridgehead atoms. The monoisotopic (exact) mass is 258 g/mol. The molecule has 0 atom stereocenters. The number of unbranched alkanes of at least 4 members (excludes halogenated alkanes) is 1. The van der Waals surface area contributed by atoms with E-state index in [4.69, 9.17) is 4.18 Å². The first-order chi connectivity index (χ1) is 8.86. The lowest BCUT2D eigenvalue weighted by molar-refractivity contribution is 0.661. The van der Waals surface area contributed by atoms with Crippen LogP contribution < -0.4 is 4.18 Å². The molecule has 0 N–H and O–H groups in total. The Hall–Kier alpha value is -1.41. The van der Waals surface area contributed by atoms with E-state index in [1.807, 2.05) is 18.2 Å². The lowest BCUT2D eigenvalue weighted by atomic mass is 9.96. The number of hydrogen-bond acceptors (Lipinski definition) is 2. The first-order valence-corrected chi connectivity index (χ1v) is 6.72. The number of thiol groups is 1. The average molecular weight is 258 g/mol. The predicted molar refractivity (Wildman–Crippen MR) is 80.1 cm³/mol. The van der Waals surface area contributed by atoms with Gasteiger partial charge in [0.15, 0.2) is 0 Å². The largest absolute Gasteiger partial charge is 0.428 e. The van der Waals surface area contributed by atoms with Crippen LogP contribution in [-0.2, 0) is 6.42 Å². The van der Waals surface area contributed by atoms with Gasteiger partial charge in [0, 0.05) is 18.5 Å². The van der Waals surface area contributed by atoms with E-state index < -0.39 is 0 Å². The highest BCUT2D eigenvalue weighted by Crippen LogP contribution is 2.33. The summed E-state index contributed by atoms with van der Waals surface area (Å²) in [4.78, 5) is 0. The summed E-state index contributed by atoms with van der Waals surface area (Å²) in [5, 5.41) is 0. The number of aryl methyl sites for hydroxylation is 1. The highest BCUT2D eigenvalue weighted by Gasteiger charge is 2.09. The van der Waals surface area contributed by atoms with Gasteiger partial charge < -0.3 is 4.18 Å². The number of para-hydroxylation sites is 1. The van der Waals surface area contributed by atoms with Crippen molar-refractivity contribution in [1.82, 2.24) is 0 Å². The van der Waals surface area contributed by atoms with Gasteiger partial charge in [-0.1, -0.05) is 55.8 Å². The zero-order valence-corrected chi connectivity index (χ0v) is 11.5. The maximum absolute atomic E-state index is 5.15. The molecule has 0 aliphatic rings. The van der Waals surface area contributed by atoms with E-state index in [-0.39, 0.29) is 0 Å². The first-order valence-electron chi connectivity index (χ1n) is 6.35. The maximum Gasteiger partial charge on any atom is 0.144 e. The molecule has 1 nitrogen and oxygen atoms in total. The molecule has 2 aromatic carbocycles. The van der Waals surface area contributed by atoms with Crippen molar-refractivity contribution in [2.45, 2.75) is 26.2 Å². The summed E-state index contributed by atoms with van der Waals surface area (Å²) in [5.41, 5.74) is 3.73. The van der Waals surface area contributed by atoms with Crippen molar-refractivity contribution in [1.29, 1.82) is 0 Å². The summed E-state index contributed by atoms with van der Waals surface area (Å²) in [5.74, 6) is 0.810. The molecule has 94 valence electrons. The minimum Gasteiger partial charge on any atom is -0.428 e. The van der Waals surface area contributed by atoms with Crippen molar-refractivity contribution in [3.05, 3.63) is 54.1 Å². The molecule has 0 saturated carbocycles. The van der Waals surface area contributed by atoms with Crippen molar-refractivity contribution in [2.24, 2.45) is 0 Å². The summed E-state index contributed by atoms with van der Waals surface area (Å²) in [6.07, 6.45) is 3.52. The average Bonchev–Trinajstić information content (AvgIpc) is 2.45. The lowest BCUT2D eigenvalue weighted by Gasteiger charge is -2.12. The van der Waals surface area contributed by atoms with Gasteiger partial charge in [0.2, 0.25) is 0 Å². The molecule has 0 amide bonds. The summed E-state index contributed by atoms with van der Waals surface area (Å²) in [6, 6.07) is 16.5. The highest BCUT2D eigenvalue weighted by atomic mass is 32.1. The van der Waals surface area contributed by atoms with Crippen LogP contribution in [0.4, 0.5) is 0 Å². The second kappa shape index (κ2) is 6.50. The molecule has 0 aliphatic heterocycles. The predicted octanol–water partition coefficient (Wildman–Crippen LogP) is 4.92. The molecule has 0 heterocycles. The van der Waals surface area contributed by atoms with Gasteiger partial charge in [-0.05, 0) is 30.0 Å². The lowest BCUT2D eigenvalue weighted by Crippen LogP contribution is -1.91. The molecule has 0 aromatic heterocycles. The minimum atomic E-state index is 0.810. The van der Waals surface area contributed by atoms with Crippen LogP contribution in [0.25, 0.3) is 11.1 Å². The standard InChI is InChI=1S/C16H18OS/c1-2-3-8-13-9-4-5-10-14(13)15-11-6-7-12-16(15)17-18/h4-7,9-12,18H,2-3,8H2,1H3. The van der Waals surface area contributed by atoms with Crippen LogP contribution in [0.15, 0.2) is 48.5 Å². The normalized spacial score (nSPS) is 10.3. The van der Waals surface area contributed by atoms with E-state index in [9.17, 15) is 0 Å². The van der Waals surface area contributed by atoms with Gasteiger partial charge in [-0.2, -0.15) is 0 Å². The van der Waals surface area contributed by atoms with Gasteiger partial charge in [0.05, 0.1) is 0 Å². The molecule has 0 saturated heterocycles. The quantitative estimate of drug-likeness (QED) is 0.591. The summed E-state index contributed by atoms with van der Waals surface area (Å²) < 4.78 is 5.15. The Balaban J connectivity index is 2.43. The zero-order chi connectivity index (χ0) is 12.8. The molecule has 18 heavy (non-hydrogen) atoms. The SMILES string of the molecule is CCCCc1ccccc1-c1ccccc1OS. The number of hydrogen-bond donors (Lipinski definition) is 1. The van der Waals surface area contributed by atoms with Crippen LogP contribution in [0.3, 0.4) is 0 Å². The van der Waals surface area contributed by atoms with Crippen molar-refractivity contribution >= 4 is 12.9 Å². The second-order valence-electron chi connectivity index (χ2n) is 4.35. The molecular formula is C16H18OS. The smallest absolute Gasteiger partial charge is 0.144 e. The van der Waals surface area contributed by atoms with E-state index in [1.165, 1.54) is 24.0 Å². The van der Waals surface area contributed by atoms with Crippen molar-refractivity contribution < 1.29 is 4.18 Å². The molecule has 2 rings (SSSR count). The van der Waals surface area contributed by atoms with Gasteiger partial charge >= 0.3 is 0 Å². The van der Waals surface area contributed by atoms with Crippen LogP contribution in [0, 0.1) is 0 Å². The molecule has 2 heteroatoms. The molecule has 0 unspecified atom stereocenters. The van der Waals surface area contributed by atoms with Crippen LogP contribution >= 0.6 is 12.9 Å². The Morgan fingerprint density at radius 2 is 1.61 bits per heavy atom. The van der Waals surface area contributed by atoms with E-state index in [0.29, 0.717) is 0 Å². The second-order valence-corrected chi connectivity index (χ2v) is 4.53. The van der Waals surface area contributed by atoms with Crippen molar-refractivity contribution in [3.63, 3.8) is 0 Å². The van der Waals surface area contributed by atoms with Crippen LogP contribution in [0.1, 0.15) is 25.3 Å². The minimum absolute atomic E-state index is 0.810. The molecule has 0 spiro atoms. The van der Waals surface area contributed by atoms with E-state index in [1.54, 1.807) is 0 Å². The van der Waals surface area contributed by atoms with E-state index >= 15 is 0 Å². The van der Waals surface area contributed by atoms with Crippen LogP contribution in [0.2, 0.25) is 0 Å². The fourth-order valence-electron chi connectivity index (χ4n) is 2.14. The highest BCUT2D eigenvalue weighted by molar-refractivity contribution is 7.75. The number of benzene rings is 2. The molecule has 0 radical (unpaired) electrons. The van der Waals surface area contributed by atoms with Gasteiger partial charge in [0.25, 0.3) is 0 Å². The first kappa shape index (κ1) is 13.0. The van der Waals surface area contributed by atoms with Gasteiger partial charge in [0.1, 0.15) is 5.75 Å². The summed E-state index contributed by atoms with van der Waals surface area (Å²) in [7, 11) is 0. The third-order valence-electron chi connectivity index (χ3n) is 3.09. The van der Waals surface area contributed by atoms with Gasteiger partial charge in [-0.25, -0.2) is 0 Å². The Morgan fingerprint density at radius 1 is 0.944 bits per heavy atom. The van der Waals surface area contributed by atoms with Crippen molar-refractivity contribution in [2.75, 3.05) is 0 Å². The van der Waals surface area contributed by atoms with E-state index in [0.717, 1.165) is 17.7 Å². The van der Waals surface area contributed by atoms with E-state index in [2.05, 4.69) is 50.2 Å². The Morgan fingerprint density at radius 3 is 2.33 bits per heavy atom. The molecule has 0 aliphatic carbocycles. The summed E-state index contributed by atoms with van der Waals surface area (Å²) >= 11 is 3.93.